The zero-order valence-corrected chi connectivity index (χ0v) is 32.8. The summed E-state index contributed by atoms with van der Waals surface area (Å²) < 4.78 is 50.5. The smallest absolute Gasteiger partial charge is 0.246 e. The Bertz CT molecular complexity index is 2240. The fourth-order valence-electron chi connectivity index (χ4n) is 6.89. The molecule has 0 N–H and O–H groups in total. The van der Waals surface area contributed by atoms with Gasteiger partial charge in [0.15, 0.2) is 0 Å². The summed E-state index contributed by atoms with van der Waals surface area (Å²) in [7, 11) is 3.93. The molecule has 9 nitrogen and oxygen atoms in total. The minimum atomic E-state index is -0.594. The molecule has 288 valence electrons. The zero-order chi connectivity index (χ0) is 39.2. The number of fused-ring (bicyclic) bond motifs is 6. The minimum Gasteiger partial charge on any atom is -0.489 e. The normalized spacial score (nSPS) is 13.5. The Morgan fingerprint density at radius 2 is 1.87 bits per heavy atom. The fourth-order valence-corrected chi connectivity index (χ4v) is 7.86. The summed E-state index contributed by atoms with van der Waals surface area (Å²) in [6, 6.07) is 10.2. The van der Waals surface area contributed by atoms with E-state index in [1.807, 2.05) is 86.2 Å². The third-order valence-corrected chi connectivity index (χ3v) is 10.5. The Morgan fingerprint density at radius 3 is 2.62 bits per heavy atom. The van der Waals surface area contributed by atoms with Gasteiger partial charge in [0, 0.05) is 77.7 Å². The number of rotatable bonds is 14. The second-order valence-corrected chi connectivity index (χ2v) is 14.1. The predicted molar refractivity (Wildman–Crippen MR) is 217 cm³/mol. The molecule has 7 rings (SSSR count). The van der Waals surface area contributed by atoms with E-state index in [9.17, 15) is 9.18 Å². The highest BCUT2D eigenvalue weighted by molar-refractivity contribution is 7.17. The summed E-state index contributed by atoms with van der Waals surface area (Å²) in [6.45, 7) is 16.4. The number of ether oxygens (including phenoxy) is 3. The second-order valence-electron chi connectivity index (χ2n) is 13.2. The van der Waals surface area contributed by atoms with Crippen LogP contribution in [0.25, 0.3) is 38.5 Å². The van der Waals surface area contributed by atoms with Gasteiger partial charge in [-0.1, -0.05) is 46.1 Å². The molecule has 2 aliphatic rings. The Balaban J connectivity index is 0.00000253. The van der Waals surface area contributed by atoms with E-state index in [4.69, 9.17) is 19.2 Å². The van der Waals surface area contributed by atoms with Crippen molar-refractivity contribution in [2.24, 2.45) is 0 Å². The highest BCUT2D eigenvalue weighted by atomic mass is 32.1. The molecule has 4 heterocycles. The van der Waals surface area contributed by atoms with Crippen molar-refractivity contribution in [3.63, 3.8) is 0 Å². The van der Waals surface area contributed by atoms with Crippen LogP contribution in [0, 0.1) is 11.6 Å². The Labute approximate surface area is 325 Å². The number of halogens is 2. The number of aromatic nitrogens is 3. The molecule has 1 aliphatic heterocycles. The first-order valence-electron chi connectivity index (χ1n) is 18.6. The lowest BCUT2D eigenvalue weighted by Gasteiger charge is -2.26. The molecule has 0 bridgehead atoms. The number of benzene rings is 2. The molecule has 55 heavy (non-hydrogen) atoms. The van der Waals surface area contributed by atoms with E-state index in [0.29, 0.717) is 67.7 Å². The van der Waals surface area contributed by atoms with Crippen LogP contribution in [0.15, 0.2) is 73.2 Å². The van der Waals surface area contributed by atoms with Gasteiger partial charge in [-0.2, -0.15) is 0 Å². The highest BCUT2D eigenvalue weighted by Gasteiger charge is 2.30. The third-order valence-electron chi connectivity index (χ3n) is 9.54. The number of amides is 1. The van der Waals surface area contributed by atoms with Gasteiger partial charge in [0.1, 0.15) is 30.1 Å². The summed E-state index contributed by atoms with van der Waals surface area (Å²) in [5.74, 6) is -0.104. The van der Waals surface area contributed by atoms with Crippen LogP contribution in [0.1, 0.15) is 49.7 Å². The molecule has 5 aromatic rings. The van der Waals surface area contributed by atoms with E-state index >= 15 is 4.39 Å². The van der Waals surface area contributed by atoms with E-state index in [2.05, 4.69) is 18.3 Å². The SMILES string of the molecule is C=CC(=O)N1CCn2nc(O[C@@H](CC)COC/C=C/COc3cc(N(C)C)c(C=C)cc3-c3nc4c(c5sccc35)-c3c(F)cc(F)cc3C4)cc2C1.CC. The van der Waals surface area contributed by atoms with Gasteiger partial charge in [-0.05, 0) is 53.3 Å². The molecule has 2 aromatic carbocycles. The average molecular weight is 768 g/mol. The van der Waals surface area contributed by atoms with E-state index in [1.54, 1.807) is 11.0 Å². The first-order chi connectivity index (χ1) is 26.7. The highest BCUT2D eigenvalue weighted by Crippen LogP contribution is 2.48. The summed E-state index contributed by atoms with van der Waals surface area (Å²) in [6.07, 6.45) is 7.85. The lowest BCUT2D eigenvalue weighted by atomic mass is 9.99. The number of hydrogen-bond acceptors (Lipinski definition) is 8. The molecule has 1 atom stereocenters. The van der Waals surface area contributed by atoms with E-state index in [1.165, 1.54) is 23.5 Å². The first-order valence-corrected chi connectivity index (χ1v) is 19.4. The van der Waals surface area contributed by atoms with Crippen LogP contribution >= 0.6 is 11.3 Å². The van der Waals surface area contributed by atoms with Gasteiger partial charge in [-0.15, -0.1) is 16.4 Å². The fraction of sp³-hybridized carbons (Fsp3) is 0.326. The van der Waals surface area contributed by atoms with Crippen LogP contribution in [0.3, 0.4) is 0 Å². The molecule has 0 saturated carbocycles. The molecule has 1 aliphatic carbocycles. The molecule has 0 radical (unpaired) electrons. The topological polar surface area (TPSA) is 82.0 Å². The van der Waals surface area contributed by atoms with Gasteiger partial charge < -0.3 is 24.0 Å². The number of anilines is 1. The van der Waals surface area contributed by atoms with Gasteiger partial charge in [0.05, 0.1) is 43.4 Å². The Hall–Kier alpha value is -5.33. The lowest BCUT2D eigenvalue weighted by molar-refractivity contribution is -0.127. The van der Waals surface area contributed by atoms with E-state index < -0.39 is 11.6 Å². The van der Waals surface area contributed by atoms with Crippen molar-refractivity contribution in [1.82, 2.24) is 19.7 Å². The molecule has 0 fully saturated rings. The molecule has 12 heteroatoms. The number of nitrogens with zero attached hydrogens (tertiary/aromatic N) is 5. The van der Waals surface area contributed by atoms with Gasteiger partial charge in [-0.25, -0.2) is 8.78 Å². The van der Waals surface area contributed by atoms with Gasteiger partial charge >= 0.3 is 0 Å². The average Bonchev–Trinajstić information content (AvgIpc) is 3.93. The maximum Gasteiger partial charge on any atom is 0.246 e. The van der Waals surface area contributed by atoms with Crippen LogP contribution in [0.2, 0.25) is 0 Å². The lowest BCUT2D eigenvalue weighted by Crippen LogP contribution is -2.37. The van der Waals surface area contributed by atoms with E-state index in [-0.39, 0.29) is 18.6 Å². The van der Waals surface area contributed by atoms with Crippen molar-refractivity contribution in [1.29, 1.82) is 0 Å². The third kappa shape index (κ3) is 8.20. The van der Waals surface area contributed by atoms with Crippen LogP contribution in [-0.2, 0) is 29.0 Å². The summed E-state index contributed by atoms with van der Waals surface area (Å²) in [5, 5.41) is 7.41. The largest absolute Gasteiger partial charge is 0.489 e. The van der Waals surface area contributed by atoms with Gasteiger partial charge in [0.25, 0.3) is 0 Å². The number of pyridine rings is 1. The molecule has 1 amide bonds. The zero-order valence-electron chi connectivity index (χ0n) is 32.0. The number of carbonyl (C=O) groups excluding carboxylic acids is 1. The standard InChI is InChI=1S/C41H41F2N5O4S.C2H6/c1-6-25-18-31(40-30-11-16-53-41(30)39-33(44-40)19-26-17-27(42)20-32(43)38(26)39)35(22-34(25)46(4)5)51-15-10-9-14-50-24-29(7-2)52-36-21-28-23-47(37(49)8-3)12-13-48(28)45-36;1-2/h6,8-11,16-18,20-22,29H,1,3,7,12-15,19,23-24H2,2,4-5H3;1-2H3/b10-9+;/t29-;/m0./s1. The number of thiophene rings is 1. The quantitative estimate of drug-likeness (QED) is 0.0622. The van der Waals surface area contributed by atoms with Crippen LogP contribution < -0.4 is 14.4 Å². The van der Waals surface area contributed by atoms with Crippen molar-refractivity contribution >= 4 is 39.1 Å². The maximum atomic E-state index is 15.1. The molecule has 0 saturated heterocycles. The molecular formula is C43H47F2N5O4S. The van der Waals surface area contributed by atoms with Crippen molar-refractivity contribution in [2.45, 2.75) is 52.8 Å². The molecule has 0 unspecified atom stereocenters. The predicted octanol–water partition coefficient (Wildman–Crippen LogP) is 9.08. The van der Waals surface area contributed by atoms with Crippen molar-refractivity contribution in [3.05, 3.63) is 107 Å². The Morgan fingerprint density at radius 1 is 1.07 bits per heavy atom. The van der Waals surface area contributed by atoms with Crippen molar-refractivity contribution in [3.8, 4) is 34.0 Å². The Kier molecular flexibility index (Phi) is 12.5. The summed E-state index contributed by atoms with van der Waals surface area (Å²) in [5.41, 5.74) is 6.75. The van der Waals surface area contributed by atoms with E-state index in [0.717, 1.165) is 56.3 Å². The summed E-state index contributed by atoms with van der Waals surface area (Å²) in [4.78, 5) is 20.9. The minimum absolute atomic E-state index is 0.0939. The van der Waals surface area contributed by atoms with Crippen LogP contribution in [0.4, 0.5) is 14.5 Å². The molecule has 3 aromatic heterocycles. The number of hydrogen-bond donors (Lipinski definition) is 0. The van der Waals surface area contributed by atoms with Crippen molar-refractivity contribution < 1.29 is 27.8 Å². The molecule has 0 spiro atoms. The van der Waals surface area contributed by atoms with Gasteiger partial charge in [-0.3, -0.25) is 14.5 Å². The number of carbonyl (C=O) groups is 1. The summed E-state index contributed by atoms with van der Waals surface area (Å²) >= 11 is 1.52. The maximum absolute atomic E-state index is 15.1. The molecular weight excluding hydrogens is 721 g/mol. The van der Waals surface area contributed by atoms with Gasteiger partial charge in [0.2, 0.25) is 11.8 Å². The van der Waals surface area contributed by atoms with Crippen molar-refractivity contribution in [2.75, 3.05) is 45.4 Å². The van der Waals surface area contributed by atoms with Crippen LogP contribution in [-0.4, -0.2) is 72.1 Å². The van der Waals surface area contributed by atoms with Crippen LogP contribution in [0.5, 0.6) is 11.6 Å². The monoisotopic (exact) mass is 767 g/mol. The second kappa shape index (κ2) is 17.4. The first kappa shape index (κ1) is 39.4.